The molecule has 1 aromatic heterocycles. The van der Waals surface area contributed by atoms with E-state index in [9.17, 15) is 0 Å². The van der Waals surface area contributed by atoms with Gasteiger partial charge in [-0.3, -0.25) is 0 Å². The van der Waals surface area contributed by atoms with Crippen LogP contribution in [-0.2, 0) is 5.88 Å². The zero-order chi connectivity index (χ0) is 7.56. The minimum Gasteiger partial charge on any atom is -0.155 e. The molecule has 0 radical (unpaired) electrons. The highest BCUT2D eigenvalue weighted by molar-refractivity contribution is 6.16. The summed E-state index contributed by atoms with van der Waals surface area (Å²) in [6.45, 7) is 3.93. The van der Waals surface area contributed by atoms with Crippen molar-refractivity contribution in [3.8, 4) is 0 Å². The minimum absolute atomic E-state index is 0.439. The number of alkyl halides is 1. The van der Waals surface area contributed by atoms with E-state index in [1.165, 1.54) is 0 Å². The summed E-state index contributed by atoms with van der Waals surface area (Å²) < 4.78 is 0. The first-order valence-corrected chi connectivity index (χ1v) is 3.63. The van der Waals surface area contributed by atoms with E-state index in [1.54, 1.807) is 0 Å². The van der Waals surface area contributed by atoms with E-state index < -0.39 is 0 Å². The highest BCUT2D eigenvalue weighted by Crippen LogP contribution is 2.04. The standard InChI is InChI=1S/C7H9ClN2/c1-5-3-7(4-8)10-9-6(5)2/h3H,4H2,1-2H3. The van der Waals surface area contributed by atoms with E-state index in [2.05, 4.69) is 10.2 Å². The van der Waals surface area contributed by atoms with Crippen LogP contribution in [0.2, 0.25) is 0 Å². The van der Waals surface area contributed by atoms with E-state index in [4.69, 9.17) is 11.6 Å². The van der Waals surface area contributed by atoms with Crippen molar-refractivity contribution in [3.63, 3.8) is 0 Å². The van der Waals surface area contributed by atoms with Crippen LogP contribution in [0.5, 0.6) is 0 Å². The number of hydrogen-bond donors (Lipinski definition) is 0. The average Bonchev–Trinajstić information content (AvgIpc) is 1.95. The number of aryl methyl sites for hydroxylation is 2. The SMILES string of the molecule is Cc1cc(CCl)nnc1C. The Hall–Kier alpha value is -0.630. The maximum atomic E-state index is 5.55. The molecule has 2 nitrogen and oxygen atoms in total. The molecule has 0 spiro atoms. The van der Waals surface area contributed by atoms with E-state index in [0.717, 1.165) is 17.0 Å². The molecule has 0 aliphatic heterocycles. The highest BCUT2D eigenvalue weighted by Gasteiger charge is 1.96. The highest BCUT2D eigenvalue weighted by atomic mass is 35.5. The first kappa shape index (κ1) is 7.48. The molecule has 0 unspecified atom stereocenters. The van der Waals surface area contributed by atoms with Crippen LogP contribution in [0.15, 0.2) is 6.07 Å². The molecule has 0 fully saturated rings. The second-order valence-corrected chi connectivity index (χ2v) is 2.50. The van der Waals surface area contributed by atoms with Crippen molar-refractivity contribution >= 4 is 11.6 Å². The van der Waals surface area contributed by atoms with Crippen LogP contribution in [0, 0.1) is 13.8 Å². The number of halogens is 1. The van der Waals surface area contributed by atoms with Gasteiger partial charge in [0.1, 0.15) is 0 Å². The molecule has 0 bridgehead atoms. The molecule has 0 atom stereocenters. The Bertz CT molecular complexity index is 235. The molecule has 1 heterocycles. The molecular weight excluding hydrogens is 148 g/mol. The Morgan fingerprint density at radius 1 is 1.40 bits per heavy atom. The van der Waals surface area contributed by atoms with E-state index in [1.807, 2.05) is 19.9 Å². The molecule has 0 aliphatic rings. The smallest absolute Gasteiger partial charge is 0.0781 e. The fourth-order valence-electron chi connectivity index (χ4n) is 0.667. The third kappa shape index (κ3) is 1.45. The summed E-state index contributed by atoms with van der Waals surface area (Å²) in [5.74, 6) is 0.439. The maximum absolute atomic E-state index is 5.55. The molecule has 0 saturated heterocycles. The lowest BCUT2D eigenvalue weighted by molar-refractivity contribution is 0.916. The van der Waals surface area contributed by atoms with E-state index in [0.29, 0.717) is 5.88 Å². The quantitative estimate of drug-likeness (QED) is 0.580. The topological polar surface area (TPSA) is 25.8 Å². The van der Waals surface area contributed by atoms with Gasteiger partial charge in [0.25, 0.3) is 0 Å². The molecule has 0 aromatic carbocycles. The number of nitrogens with zero attached hydrogens (tertiary/aromatic N) is 2. The van der Waals surface area contributed by atoms with Gasteiger partial charge in [-0.2, -0.15) is 10.2 Å². The van der Waals surface area contributed by atoms with Crippen molar-refractivity contribution in [2.45, 2.75) is 19.7 Å². The third-order valence-electron chi connectivity index (χ3n) is 1.42. The summed E-state index contributed by atoms with van der Waals surface area (Å²) in [6.07, 6.45) is 0. The molecule has 0 saturated carbocycles. The minimum atomic E-state index is 0.439. The molecule has 10 heavy (non-hydrogen) atoms. The average molecular weight is 157 g/mol. The predicted molar refractivity (Wildman–Crippen MR) is 41.1 cm³/mol. The summed E-state index contributed by atoms with van der Waals surface area (Å²) in [5.41, 5.74) is 2.95. The second kappa shape index (κ2) is 2.97. The van der Waals surface area contributed by atoms with Crippen LogP contribution in [0.4, 0.5) is 0 Å². The Morgan fingerprint density at radius 3 is 2.60 bits per heavy atom. The largest absolute Gasteiger partial charge is 0.155 e. The summed E-state index contributed by atoms with van der Waals surface area (Å²) in [4.78, 5) is 0. The van der Waals surface area contributed by atoms with Crippen LogP contribution in [0.1, 0.15) is 17.0 Å². The van der Waals surface area contributed by atoms with Crippen LogP contribution >= 0.6 is 11.6 Å². The Labute approximate surface area is 65.2 Å². The third-order valence-corrected chi connectivity index (χ3v) is 1.69. The van der Waals surface area contributed by atoms with Crippen LogP contribution in [0.3, 0.4) is 0 Å². The first-order valence-electron chi connectivity index (χ1n) is 3.10. The molecule has 1 rings (SSSR count). The molecule has 0 amide bonds. The molecule has 54 valence electrons. The van der Waals surface area contributed by atoms with Gasteiger partial charge in [-0.15, -0.1) is 11.6 Å². The summed E-state index contributed by atoms with van der Waals surface area (Å²) in [6, 6.07) is 1.95. The van der Waals surface area contributed by atoms with Crippen LogP contribution in [0.25, 0.3) is 0 Å². The van der Waals surface area contributed by atoms with Gasteiger partial charge in [-0.25, -0.2) is 0 Å². The van der Waals surface area contributed by atoms with Crippen LogP contribution < -0.4 is 0 Å². The molecule has 1 aromatic rings. The predicted octanol–water partition coefficient (Wildman–Crippen LogP) is 1.83. The van der Waals surface area contributed by atoms with Crippen LogP contribution in [-0.4, -0.2) is 10.2 Å². The van der Waals surface area contributed by atoms with Gasteiger partial charge in [0.05, 0.1) is 17.3 Å². The monoisotopic (exact) mass is 156 g/mol. The van der Waals surface area contributed by atoms with Gasteiger partial charge >= 0.3 is 0 Å². The lowest BCUT2D eigenvalue weighted by Gasteiger charge is -1.97. The van der Waals surface area contributed by atoms with Crippen molar-refractivity contribution in [1.29, 1.82) is 0 Å². The first-order chi connectivity index (χ1) is 4.74. The van der Waals surface area contributed by atoms with Crippen molar-refractivity contribution in [1.82, 2.24) is 10.2 Å². The Balaban J connectivity index is 3.04. The summed E-state index contributed by atoms with van der Waals surface area (Å²) in [7, 11) is 0. The maximum Gasteiger partial charge on any atom is 0.0781 e. The number of hydrogen-bond acceptors (Lipinski definition) is 2. The molecule has 0 aliphatic carbocycles. The van der Waals surface area contributed by atoms with E-state index >= 15 is 0 Å². The summed E-state index contributed by atoms with van der Waals surface area (Å²) in [5, 5.41) is 7.79. The van der Waals surface area contributed by atoms with Gasteiger partial charge in [0, 0.05) is 0 Å². The number of aromatic nitrogens is 2. The van der Waals surface area contributed by atoms with Gasteiger partial charge in [0.2, 0.25) is 0 Å². The molecule has 0 N–H and O–H groups in total. The van der Waals surface area contributed by atoms with Gasteiger partial charge in [-0.05, 0) is 25.5 Å². The van der Waals surface area contributed by atoms with Crippen molar-refractivity contribution in [2.75, 3.05) is 0 Å². The second-order valence-electron chi connectivity index (χ2n) is 2.24. The lowest BCUT2D eigenvalue weighted by Crippen LogP contribution is -1.94. The zero-order valence-corrected chi connectivity index (χ0v) is 6.81. The normalized spacial score (nSPS) is 9.90. The molecule has 3 heteroatoms. The van der Waals surface area contributed by atoms with Crippen molar-refractivity contribution < 1.29 is 0 Å². The lowest BCUT2D eigenvalue weighted by atomic mass is 10.2. The van der Waals surface area contributed by atoms with Crippen molar-refractivity contribution in [2.24, 2.45) is 0 Å². The van der Waals surface area contributed by atoms with Crippen molar-refractivity contribution in [3.05, 3.63) is 23.0 Å². The zero-order valence-electron chi connectivity index (χ0n) is 6.06. The molecular formula is C7H9ClN2. The van der Waals surface area contributed by atoms with E-state index in [-0.39, 0.29) is 0 Å². The number of rotatable bonds is 1. The van der Waals surface area contributed by atoms with Gasteiger partial charge < -0.3 is 0 Å². The summed E-state index contributed by atoms with van der Waals surface area (Å²) >= 11 is 5.55. The van der Waals surface area contributed by atoms with Gasteiger partial charge in [-0.1, -0.05) is 0 Å². The Morgan fingerprint density at radius 2 is 2.10 bits per heavy atom. The van der Waals surface area contributed by atoms with Gasteiger partial charge in [0.15, 0.2) is 0 Å². The Kier molecular flexibility index (Phi) is 2.22. The fraction of sp³-hybridized carbons (Fsp3) is 0.429. The fourth-order valence-corrected chi connectivity index (χ4v) is 0.797.